The molecule has 0 aliphatic heterocycles. The van der Waals surface area contributed by atoms with Crippen molar-refractivity contribution in [2.75, 3.05) is 6.54 Å². The number of aromatic nitrogens is 1. The standard InChI is InChI=1S/C19H28N2/c1-6-8-20-17(5)18-7-9-21(12-18)13-19-15(3)10-14(2)11-16(19)4/h7,9-12,17,20H,6,8,13H2,1-5H3. The predicted octanol–water partition coefficient (Wildman–Crippen LogP) is 4.52. The molecule has 2 aromatic rings. The molecule has 114 valence electrons. The van der Waals surface area contributed by atoms with E-state index in [0.29, 0.717) is 6.04 Å². The number of aryl methyl sites for hydroxylation is 3. The van der Waals surface area contributed by atoms with E-state index in [9.17, 15) is 0 Å². The summed E-state index contributed by atoms with van der Waals surface area (Å²) in [5, 5.41) is 3.54. The highest BCUT2D eigenvalue weighted by Crippen LogP contribution is 2.19. The molecule has 1 heterocycles. The van der Waals surface area contributed by atoms with Crippen LogP contribution in [-0.2, 0) is 6.54 Å². The Morgan fingerprint density at radius 2 is 1.81 bits per heavy atom. The van der Waals surface area contributed by atoms with Crippen LogP contribution in [0.3, 0.4) is 0 Å². The second-order valence-electron chi connectivity index (χ2n) is 6.17. The molecule has 0 aliphatic carbocycles. The highest BCUT2D eigenvalue weighted by atomic mass is 15.0. The van der Waals surface area contributed by atoms with Gasteiger partial charge in [0, 0.05) is 25.0 Å². The van der Waals surface area contributed by atoms with Gasteiger partial charge in [-0.15, -0.1) is 0 Å². The van der Waals surface area contributed by atoms with E-state index in [1.807, 2.05) is 0 Å². The largest absolute Gasteiger partial charge is 0.350 e. The van der Waals surface area contributed by atoms with Gasteiger partial charge in [0.15, 0.2) is 0 Å². The number of hydrogen-bond acceptors (Lipinski definition) is 1. The maximum Gasteiger partial charge on any atom is 0.0475 e. The maximum atomic E-state index is 3.54. The van der Waals surface area contributed by atoms with Gasteiger partial charge in [0.05, 0.1) is 0 Å². The predicted molar refractivity (Wildman–Crippen MR) is 90.9 cm³/mol. The Kier molecular flexibility index (Phi) is 5.24. The molecule has 0 saturated carbocycles. The molecule has 1 N–H and O–H groups in total. The van der Waals surface area contributed by atoms with E-state index < -0.39 is 0 Å². The molecule has 1 aromatic heterocycles. The highest BCUT2D eigenvalue weighted by Gasteiger charge is 2.08. The lowest BCUT2D eigenvalue weighted by Gasteiger charge is -2.13. The molecule has 0 fully saturated rings. The number of hydrogen-bond donors (Lipinski definition) is 1. The molecular formula is C19H28N2. The first kappa shape index (κ1) is 15.8. The van der Waals surface area contributed by atoms with Crippen molar-refractivity contribution in [3.05, 3.63) is 58.4 Å². The zero-order valence-electron chi connectivity index (χ0n) is 14.0. The minimum Gasteiger partial charge on any atom is -0.350 e. The Balaban J connectivity index is 2.13. The third-order valence-electron chi connectivity index (χ3n) is 4.15. The summed E-state index contributed by atoms with van der Waals surface area (Å²) in [5.74, 6) is 0. The first-order valence-corrected chi connectivity index (χ1v) is 7.97. The highest BCUT2D eigenvalue weighted by molar-refractivity contribution is 5.37. The van der Waals surface area contributed by atoms with Gasteiger partial charge in [0.1, 0.15) is 0 Å². The molecule has 0 aliphatic rings. The third-order valence-corrected chi connectivity index (χ3v) is 4.15. The molecule has 0 amide bonds. The van der Waals surface area contributed by atoms with Crippen molar-refractivity contribution in [2.45, 2.75) is 53.6 Å². The van der Waals surface area contributed by atoms with Crippen LogP contribution in [-0.4, -0.2) is 11.1 Å². The molecule has 2 heteroatoms. The Labute approximate surface area is 129 Å². The first-order chi connectivity index (χ1) is 10.0. The maximum absolute atomic E-state index is 3.54. The van der Waals surface area contributed by atoms with E-state index >= 15 is 0 Å². The Hall–Kier alpha value is -1.54. The quantitative estimate of drug-likeness (QED) is 0.825. The molecule has 0 saturated heterocycles. The van der Waals surface area contributed by atoms with Crippen LogP contribution in [0.5, 0.6) is 0 Å². The smallest absolute Gasteiger partial charge is 0.0475 e. The SMILES string of the molecule is CCCNC(C)c1ccn(Cc2c(C)cc(C)cc2C)c1. The number of rotatable bonds is 6. The average molecular weight is 284 g/mol. The summed E-state index contributed by atoms with van der Waals surface area (Å²) >= 11 is 0. The van der Waals surface area contributed by atoms with Gasteiger partial charge in [-0.25, -0.2) is 0 Å². The van der Waals surface area contributed by atoms with Crippen molar-refractivity contribution in [1.29, 1.82) is 0 Å². The Morgan fingerprint density at radius 1 is 1.14 bits per heavy atom. The number of nitrogens with one attached hydrogen (secondary N) is 1. The van der Waals surface area contributed by atoms with E-state index in [4.69, 9.17) is 0 Å². The van der Waals surface area contributed by atoms with Crippen molar-refractivity contribution in [2.24, 2.45) is 0 Å². The summed E-state index contributed by atoms with van der Waals surface area (Å²) in [6, 6.07) is 7.20. The molecule has 0 spiro atoms. The second-order valence-corrected chi connectivity index (χ2v) is 6.17. The lowest BCUT2D eigenvalue weighted by Crippen LogP contribution is -2.18. The molecule has 1 atom stereocenters. The summed E-state index contributed by atoms with van der Waals surface area (Å²) < 4.78 is 2.30. The zero-order valence-corrected chi connectivity index (χ0v) is 14.0. The second kappa shape index (κ2) is 6.95. The summed E-state index contributed by atoms with van der Waals surface area (Å²) in [7, 11) is 0. The van der Waals surface area contributed by atoms with Gasteiger partial charge in [0.25, 0.3) is 0 Å². The van der Waals surface area contributed by atoms with Crippen molar-refractivity contribution >= 4 is 0 Å². The van der Waals surface area contributed by atoms with E-state index in [0.717, 1.165) is 13.1 Å². The fourth-order valence-corrected chi connectivity index (χ4v) is 2.93. The minimum atomic E-state index is 0.423. The van der Waals surface area contributed by atoms with E-state index in [2.05, 4.69) is 75.1 Å². The van der Waals surface area contributed by atoms with Crippen LogP contribution in [0.2, 0.25) is 0 Å². The van der Waals surface area contributed by atoms with Crippen molar-refractivity contribution < 1.29 is 0 Å². The molecular weight excluding hydrogens is 256 g/mol. The molecule has 0 bridgehead atoms. The van der Waals surface area contributed by atoms with Crippen LogP contribution in [0.25, 0.3) is 0 Å². The fourth-order valence-electron chi connectivity index (χ4n) is 2.93. The Bertz CT molecular complexity index is 572. The number of benzene rings is 1. The summed E-state index contributed by atoms with van der Waals surface area (Å²) in [6.45, 7) is 13.1. The van der Waals surface area contributed by atoms with Gasteiger partial charge in [0.2, 0.25) is 0 Å². The van der Waals surface area contributed by atoms with Crippen LogP contribution >= 0.6 is 0 Å². The lowest BCUT2D eigenvalue weighted by molar-refractivity contribution is 0.569. The van der Waals surface area contributed by atoms with E-state index in [-0.39, 0.29) is 0 Å². The van der Waals surface area contributed by atoms with Gasteiger partial charge in [-0.3, -0.25) is 0 Å². The van der Waals surface area contributed by atoms with E-state index in [1.54, 1.807) is 0 Å². The monoisotopic (exact) mass is 284 g/mol. The van der Waals surface area contributed by atoms with Crippen LogP contribution in [0.1, 0.15) is 54.1 Å². The van der Waals surface area contributed by atoms with Crippen LogP contribution in [0.4, 0.5) is 0 Å². The number of nitrogens with zero attached hydrogens (tertiary/aromatic N) is 1. The molecule has 21 heavy (non-hydrogen) atoms. The van der Waals surface area contributed by atoms with Crippen LogP contribution in [0.15, 0.2) is 30.6 Å². The van der Waals surface area contributed by atoms with Crippen LogP contribution < -0.4 is 5.32 Å². The Morgan fingerprint density at radius 3 is 2.43 bits per heavy atom. The van der Waals surface area contributed by atoms with Gasteiger partial charge in [-0.2, -0.15) is 0 Å². The summed E-state index contributed by atoms with van der Waals surface area (Å²) in [6.07, 6.45) is 5.64. The first-order valence-electron chi connectivity index (χ1n) is 7.97. The molecule has 0 radical (unpaired) electrons. The fraction of sp³-hybridized carbons (Fsp3) is 0.474. The van der Waals surface area contributed by atoms with Crippen molar-refractivity contribution in [1.82, 2.24) is 9.88 Å². The van der Waals surface area contributed by atoms with E-state index in [1.165, 1.54) is 34.2 Å². The minimum absolute atomic E-state index is 0.423. The third kappa shape index (κ3) is 3.98. The average Bonchev–Trinajstić information content (AvgIpc) is 2.89. The topological polar surface area (TPSA) is 17.0 Å². The molecule has 2 nitrogen and oxygen atoms in total. The normalized spacial score (nSPS) is 12.6. The lowest BCUT2D eigenvalue weighted by atomic mass is 10.00. The van der Waals surface area contributed by atoms with Crippen LogP contribution in [0, 0.1) is 20.8 Å². The zero-order chi connectivity index (χ0) is 15.4. The van der Waals surface area contributed by atoms with Crippen molar-refractivity contribution in [3.63, 3.8) is 0 Å². The van der Waals surface area contributed by atoms with Gasteiger partial charge in [-0.05, 0) is 69.0 Å². The summed E-state index contributed by atoms with van der Waals surface area (Å²) in [4.78, 5) is 0. The molecule has 2 rings (SSSR count). The van der Waals surface area contributed by atoms with Crippen molar-refractivity contribution in [3.8, 4) is 0 Å². The van der Waals surface area contributed by atoms with Gasteiger partial charge >= 0.3 is 0 Å². The van der Waals surface area contributed by atoms with Gasteiger partial charge < -0.3 is 9.88 Å². The van der Waals surface area contributed by atoms with Gasteiger partial charge in [-0.1, -0.05) is 24.6 Å². The molecule has 1 aromatic carbocycles. The molecule has 1 unspecified atom stereocenters. The summed E-state index contributed by atoms with van der Waals surface area (Å²) in [5.41, 5.74) is 6.93.